The second-order valence-electron chi connectivity index (χ2n) is 10.2. The summed E-state index contributed by atoms with van der Waals surface area (Å²) < 4.78 is 24.3. The third-order valence-electron chi connectivity index (χ3n) is 7.04. The number of hydrogen-bond donors (Lipinski definition) is 0. The number of rotatable bonds is 7. The van der Waals surface area contributed by atoms with Crippen LogP contribution in [0.3, 0.4) is 0 Å². The summed E-state index contributed by atoms with van der Waals surface area (Å²) in [5, 5.41) is 0.152. The largest absolute Gasteiger partial charge is 0.464 e. The smallest absolute Gasteiger partial charge is 0.302 e. The van der Waals surface area contributed by atoms with Crippen molar-refractivity contribution >= 4 is 14.3 Å². The predicted molar refractivity (Wildman–Crippen MR) is 122 cm³/mol. The van der Waals surface area contributed by atoms with Crippen LogP contribution in [0.5, 0.6) is 5.75 Å². The molecule has 0 radical (unpaired) electrons. The molecule has 1 heterocycles. The van der Waals surface area contributed by atoms with Gasteiger partial charge in [0.15, 0.2) is 8.32 Å². The normalized spacial score (nSPS) is 27.6. The van der Waals surface area contributed by atoms with Gasteiger partial charge in [0, 0.05) is 18.4 Å². The first kappa shape index (κ1) is 24.9. The van der Waals surface area contributed by atoms with Gasteiger partial charge in [0.2, 0.25) is 6.29 Å². The molecule has 5 nitrogen and oxygen atoms in total. The first-order valence-electron chi connectivity index (χ1n) is 11.0. The zero-order valence-corrected chi connectivity index (χ0v) is 21.2. The van der Waals surface area contributed by atoms with Crippen LogP contribution in [0.25, 0.3) is 0 Å². The average Bonchev–Trinajstić information content (AvgIpc) is 2.65. The van der Waals surface area contributed by atoms with Gasteiger partial charge in [0.25, 0.3) is 0 Å². The van der Waals surface area contributed by atoms with E-state index in [1.54, 1.807) is 0 Å². The van der Waals surface area contributed by atoms with Gasteiger partial charge >= 0.3 is 5.97 Å². The summed E-state index contributed by atoms with van der Waals surface area (Å²) in [5.74, 6) is 1.36. The van der Waals surface area contributed by atoms with E-state index < -0.39 is 14.6 Å². The lowest BCUT2D eigenvalue weighted by Gasteiger charge is -2.43. The van der Waals surface area contributed by atoms with Crippen LogP contribution in [-0.2, 0) is 25.3 Å². The molecule has 30 heavy (non-hydrogen) atoms. The molecule has 1 fully saturated rings. The van der Waals surface area contributed by atoms with E-state index in [4.69, 9.17) is 18.6 Å². The maximum absolute atomic E-state index is 11.3. The number of esters is 1. The molecule has 1 aliphatic rings. The number of hydrogen-bond acceptors (Lipinski definition) is 5. The van der Waals surface area contributed by atoms with E-state index in [1.165, 1.54) is 6.92 Å². The van der Waals surface area contributed by atoms with Gasteiger partial charge in [-0.3, -0.25) is 4.79 Å². The van der Waals surface area contributed by atoms with Crippen molar-refractivity contribution in [3.63, 3.8) is 0 Å². The Balaban J connectivity index is 2.14. The molecule has 1 aliphatic heterocycles. The van der Waals surface area contributed by atoms with E-state index in [1.807, 2.05) is 18.2 Å². The molecule has 2 rings (SSSR count). The van der Waals surface area contributed by atoms with Crippen molar-refractivity contribution in [1.82, 2.24) is 0 Å². The molecule has 1 aromatic rings. The van der Waals surface area contributed by atoms with Gasteiger partial charge in [0.05, 0.1) is 12.7 Å². The topological polar surface area (TPSA) is 54.0 Å². The predicted octanol–water partition coefficient (Wildman–Crippen LogP) is 5.78. The first-order chi connectivity index (χ1) is 13.8. The highest BCUT2D eigenvalue weighted by Gasteiger charge is 2.41. The summed E-state index contributed by atoms with van der Waals surface area (Å²) in [7, 11) is -1.86. The van der Waals surface area contributed by atoms with Crippen molar-refractivity contribution in [3.8, 4) is 5.75 Å². The van der Waals surface area contributed by atoms with Gasteiger partial charge in [-0.05, 0) is 36.0 Å². The Morgan fingerprint density at radius 2 is 1.70 bits per heavy atom. The molecule has 0 saturated carbocycles. The van der Waals surface area contributed by atoms with Gasteiger partial charge in [0.1, 0.15) is 12.4 Å². The third kappa shape index (κ3) is 6.08. The fraction of sp³-hybridized carbons (Fsp3) is 0.708. The second-order valence-corrected chi connectivity index (χ2v) is 15.0. The van der Waals surface area contributed by atoms with Crippen molar-refractivity contribution in [1.29, 1.82) is 0 Å². The van der Waals surface area contributed by atoms with Gasteiger partial charge < -0.3 is 18.6 Å². The lowest BCUT2D eigenvalue weighted by Crippen LogP contribution is -2.49. The highest BCUT2D eigenvalue weighted by atomic mass is 28.4. The molecule has 0 aromatic heterocycles. The van der Waals surface area contributed by atoms with Gasteiger partial charge in [-0.1, -0.05) is 59.7 Å². The molecule has 0 N–H and O–H groups in total. The maximum atomic E-state index is 11.3. The van der Waals surface area contributed by atoms with E-state index in [2.05, 4.69) is 60.7 Å². The van der Waals surface area contributed by atoms with Crippen LogP contribution < -0.4 is 4.74 Å². The summed E-state index contributed by atoms with van der Waals surface area (Å²) in [6.07, 6.45) is -0.577. The van der Waals surface area contributed by atoms with Gasteiger partial charge in [-0.15, -0.1) is 0 Å². The molecule has 5 atom stereocenters. The van der Waals surface area contributed by atoms with Gasteiger partial charge in [-0.2, -0.15) is 0 Å². The van der Waals surface area contributed by atoms with Crippen molar-refractivity contribution < 1.29 is 23.4 Å². The molecule has 1 aromatic carbocycles. The highest BCUT2D eigenvalue weighted by Crippen LogP contribution is 2.39. The standard InChI is InChI=1S/C24H40O5Si/c1-16-17(2)22(15-26-19(4)25)29-23(18(16)3)28-21-13-11-10-12-20(21)14-27-30(8,9)24(5,6)7/h10-13,16-18,22-23H,14-15H2,1-9H3/t16-,17+,18?,22?,23+/m0/s1. The average molecular weight is 437 g/mol. The molecule has 6 heteroatoms. The SMILES string of the molecule is CC(=O)OCC1O[C@@H](Oc2ccccc2CO[Si](C)(C)C(C)(C)C)C(C)[C@@H](C)[C@H]1C. The van der Waals surface area contributed by atoms with E-state index in [-0.39, 0.29) is 35.6 Å². The Morgan fingerprint density at radius 1 is 1.07 bits per heavy atom. The molecular weight excluding hydrogens is 396 g/mol. The molecule has 0 amide bonds. The molecule has 0 spiro atoms. The Bertz CT molecular complexity index is 712. The van der Waals surface area contributed by atoms with Crippen LogP contribution in [0.1, 0.15) is 54.0 Å². The lowest BCUT2D eigenvalue weighted by atomic mass is 9.79. The zero-order valence-electron chi connectivity index (χ0n) is 20.2. The molecule has 0 bridgehead atoms. The summed E-state index contributed by atoms with van der Waals surface area (Å²) in [4.78, 5) is 11.3. The third-order valence-corrected chi connectivity index (χ3v) is 11.5. The molecule has 2 unspecified atom stereocenters. The number of carbonyl (C=O) groups is 1. The van der Waals surface area contributed by atoms with E-state index in [9.17, 15) is 4.79 Å². The summed E-state index contributed by atoms with van der Waals surface area (Å²) in [5.41, 5.74) is 1.03. The molecule has 170 valence electrons. The Morgan fingerprint density at radius 3 is 2.30 bits per heavy atom. The first-order valence-corrected chi connectivity index (χ1v) is 13.9. The minimum atomic E-state index is -1.86. The van der Waals surface area contributed by atoms with Crippen molar-refractivity contribution in [2.24, 2.45) is 17.8 Å². The number of ether oxygens (including phenoxy) is 3. The number of carbonyl (C=O) groups excluding carboxylic acids is 1. The van der Waals surface area contributed by atoms with Crippen LogP contribution in [0.4, 0.5) is 0 Å². The molecular formula is C24H40O5Si. The maximum Gasteiger partial charge on any atom is 0.302 e. The van der Waals surface area contributed by atoms with Crippen molar-refractivity contribution in [3.05, 3.63) is 29.8 Å². The van der Waals surface area contributed by atoms with Crippen LogP contribution in [0.2, 0.25) is 18.1 Å². The fourth-order valence-corrected chi connectivity index (χ4v) is 4.30. The van der Waals surface area contributed by atoms with Crippen LogP contribution in [0.15, 0.2) is 24.3 Å². The number of para-hydroxylation sites is 1. The molecule has 1 saturated heterocycles. The van der Waals surface area contributed by atoms with Crippen LogP contribution in [0, 0.1) is 17.8 Å². The fourth-order valence-electron chi connectivity index (χ4n) is 3.35. The van der Waals surface area contributed by atoms with Crippen LogP contribution >= 0.6 is 0 Å². The quantitative estimate of drug-likeness (QED) is 0.400. The second kappa shape index (κ2) is 9.84. The Hall–Kier alpha value is -1.37. The monoisotopic (exact) mass is 436 g/mol. The summed E-state index contributed by atoms with van der Waals surface area (Å²) >= 11 is 0. The van der Waals surface area contributed by atoms with E-state index >= 15 is 0 Å². The highest BCUT2D eigenvalue weighted by molar-refractivity contribution is 6.74. The number of benzene rings is 1. The van der Waals surface area contributed by atoms with E-state index in [0.29, 0.717) is 12.5 Å². The summed E-state index contributed by atoms with van der Waals surface area (Å²) in [6, 6.07) is 8.01. The zero-order chi connectivity index (χ0) is 22.7. The van der Waals surface area contributed by atoms with Crippen molar-refractivity contribution in [2.75, 3.05) is 6.61 Å². The van der Waals surface area contributed by atoms with Crippen LogP contribution in [-0.4, -0.2) is 33.3 Å². The van der Waals surface area contributed by atoms with E-state index in [0.717, 1.165) is 11.3 Å². The Labute approximate surface area is 183 Å². The Kier molecular flexibility index (Phi) is 8.16. The molecule has 0 aliphatic carbocycles. The minimum absolute atomic E-state index is 0.152. The van der Waals surface area contributed by atoms with Crippen molar-refractivity contribution in [2.45, 2.75) is 85.6 Å². The lowest BCUT2D eigenvalue weighted by molar-refractivity contribution is -0.223. The minimum Gasteiger partial charge on any atom is -0.464 e. The van der Waals surface area contributed by atoms with Gasteiger partial charge in [-0.25, -0.2) is 0 Å². The summed E-state index contributed by atoms with van der Waals surface area (Å²) in [6.45, 7) is 19.9.